The molecule has 0 fully saturated rings. The maximum Gasteiger partial charge on any atom is 0.261 e. The van der Waals surface area contributed by atoms with Gasteiger partial charge in [0.15, 0.2) is 0 Å². The summed E-state index contributed by atoms with van der Waals surface area (Å²) in [6, 6.07) is 20.3. The Labute approximate surface area is 188 Å². The van der Waals surface area contributed by atoms with Gasteiger partial charge in [-0.05, 0) is 48.5 Å². The van der Waals surface area contributed by atoms with Gasteiger partial charge in [0, 0.05) is 22.2 Å². The fraction of sp³-hybridized carbons (Fsp3) is 0.0435. The number of hydrogen-bond acceptors (Lipinski definition) is 5. The summed E-state index contributed by atoms with van der Waals surface area (Å²) in [5.74, 6) is -0.797. The number of rotatable bonds is 7. The van der Waals surface area contributed by atoms with E-state index in [9.17, 15) is 17.6 Å². The van der Waals surface area contributed by atoms with Crippen LogP contribution in [-0.4, -0.2) is 19.3 Å². The first-order valence-corrected chi connectivity index (χ1v) is 11.9. The third kappa shape index (κ3) is 5.19. The Balaban J connectivity index is 1.38. The van der Waals surface area contributed by atoms with E-state index in [2.05, 4.69) is 15.0 Å². The molecule has 9 heteroatoms. The number of hydrogen-bond donors (Lipinski definition) is 2. The highest BCUT2D eigenvalue weighted by molar-refractivity contribution is 7.92. The van der Waals surface area contributed by atoms with E-state index in [0.29, 0.717) is 5.56 Å². The second-order valence-electron chi connectivity index (χ2n) is 6.81. The molecule has 0 aliphatic rings. The number of benzene rings is 3. The zero-order valence-electron chi connectivity index (χ0n) is 16.7. The number of sulfonamides is 1. The third-order valence-corrected chi connectivity index (χ3v) is 6.79. The van der Waals surface area contributed by atoms with Gasteiger partial charge < -0.3 is 5.32 Å². The minimum absolute atomic E-state index is 0.00852. The van der Waals surface area contributed by atoms with Gasteiger partial charge in [-0.2, -0.15) is 0 Å². The average Bonchev–Trinajstić information content (AvgIpc) is 3.29. The molecule has 0 aliphatic carbocycles. The number of thiazole rings is 1. The smallest absolute Gasteiger partial charge is 0.261 e. The maximum atomic E-state index is 13.0. The molecular weight excluding hydrogens is 449 g/mol. The van der Waals surface area contributed by atoms with Crippen molar-refractivity contribution in [2.45, 2.75) is 11.4 Å². The maximum absolute atomic E-state index is 13.0. The fourth-order valence-electron chi connectivity index (χ4n) is 2.91. The molecule has 0 spiro atoms. The zero-order valence-corrected chi connectivity index (χ0v) is 18.3. The normalized spacial score (nSPS) is 11.2. The first-order valence-electron chi connectivity index (χ1n) is 9.57. The van der Waals surface area contributed by atoms with Gasteiger partial charge in [-0.15, -0.1) is 11.3 Å². The van der Waals surface area contributed by atoms with Crippen molar-refractivity contribution >= 4 is 33.0 Å². The highest BCUT2D eigenvalue weighted by Crippen LogP contribution is 2.21. The Hall–Kier alpha value is -3.56. The minimum atomic E-state index is -3.86. The Kier molecular flexibility index (Phi) is 6.29. The van der Waals surface area contributed by atoms with Crippen LogP contribution in [0.15, 0.2) is 89.1 Å². The molecule has 0 atom stereocenters. The molecule has 162 valence electrons. The fourth-order valence-corrected chi connectivity index (χ4v) is 4.71. The molecule has 0 bridgehead atoms. The van der Waals surface area contributed by atoms with Crippen LogP contribution >= 0.6 is 11.3 Å². The lowest BCUT2D eigenvalue weighted by Gasteiger charge is -2.09. The van der Waals surface area contributed by atoms with Gasteiger partial charge in [0.05, 0.1) is 17.1 Å². The quantitative estimate of drug-likeness (QED) is 0.413. The van der Waals surface area contributed by atoms with Gasteiger partial charge in [0.2, 0.25) is 0 Å². The van der Waals surface area contributed by atoms with Crippen molar-refractivity contribution in [2.24, 2.45) is 0 Å². The lowest BCUT2D eigenvalue weighted by atomic mass is 10.2. The van der Waals surface area contributed by atoms with E-state index >= 15 is 0 Å². The summed E-state index contributed by atoms with van der Waals surface area (Å²) < 4.78 is 40.3. The molecule has 0 aliphatic heterocycles. The summed E-state index contributed by atoms with van der Waals surface area (Å²) in [4.78, 5) is 17.0. The van der Waals surface area contributed by atoms with Crippen molar-refractivity contribution < 1.29 is 17.6 Å². The van der Waals surface area contributed by atoms with Crippen LogP contribution in [0.5, 0.6) is 0 Å². The standard InChI is InChI=1S/C23H18FN3O3S2/c24-18-8-10-19(11-9-18)27-32(29,30)20-12-6-17(7-13-20)23(28)25-14-22-26-21(15-31-22)16-4-2-1-3-5-16/h1-13,15,27H,14H2,(H,25,28). The molecule has 2 N–H and O–H groups in total. The molecule has 0 unspecified atom stereocenters. The molecule has 3 aromatic carbocycles. The Morgan fingerprint density at radius 2 is 1.62 bits per heavy atom. The van der Waals surface area contributed by atoms with Gasteiger partial charge in [0.1, 0.15) is 10.8 Å². The van der Waals surface area contributed by atoms with Crippen LogP contribution in [-0.2, 0) is 16.6 Å². The van der Waals surface area contributed by atoms with E-state index in [1.54, 1.807) is 0 Å². The number of carbonyl (C=O) groups excluding carboxylic acids is 1. The summed E-state index contributed by atoms with van der Waals surface area (Å²) >= 11 is 1.45. The molecular formula is C23H18FN3O3S2. The van der Waals surface area contributed by atoms with Crippen LogP contribution < -0.4 is 10.0 Å². The Morgan fingerprint density at radius 3 is 2.31 bits per heavy atom. The van der Waals surface area contributed by atoms with Crippen molar-refractivity contribution in [1.29, 1.82) is 0 Å². The molecule has 1 aromatic heterocycles. The first-order chi connectivity index (χ1) is 15.4. The van der Waals surface area contributed by atoms with Crippen molar-refractivity contribution in [3.05, 3.63) is 101 Å². The number of amides is 1. The third-order valence-electron chi connectivity index (χ3n) is 4.54. The number of halogens is 1. The molecule has 1 amide bonds. The second-order valence-corrected chi connectivity index (χ2v) is 9.44. The monoisotopic (exact) mass is 467 g/mol. The molecule has 0 radical (unpaired) electrons. The summed E-state index contributed by atoms with van der Waals surface area (Å²) in [6.07, 6.45) is 0. The predicted octanol–water partition coefficient (Wildman–Crippen LogP) is 4.68. The van der Waals surface area contributed by atoms with E-state index in [0.717, 1.165) is 28.4 Å². The number of aromatic nitrogens is 1. The van der Waals surface area contributed by atoms with Crippen molar-refractivity contribution in [3.63, 3.8) is 0 Å². The highest BCUT2D eigenvalue weighted by atomic mass is 32.2. The lowest BCUT2D eigenvalue weighted by Crippen LogP contribution is -2.22. The Bertz CT molecular complexity index is 1320. The van der Waals surface area contributed by atoms with Crippen LogP contribution in [0.2, 0.25) is 0 Å². The van der Waals surface area contributed by atoms with Crippen molar-refractivity contribution in [2.75, 3.05) is 4.72 Å². The Morgan fingerprint density at radius 1 is 0.938 bits per heavy atom. The van der Waals surface area contributed by atoms with Crippen LogP contribution in [0.4, 0.5) is 10.1 Å². The minimum Gasteiger partial charge on any atom is -0.346 e. The predicted molar refractivity (Wildman–Crippen MR) is 122 cm³/mol. The van der Waals surface area contributed by atoms with Gasteiger partial charge >= 0.3 is 0 Å². The van der Waals surface area contributed by atoms with Gasteiger partial charge in [-0.1, -0.05) is 30.3 Å². The van der Waals surface area contributed by atoms with Crippen LogP contribution in [0.3, 0.4) is 0 Å². The summed E-state index contributed by atoms with van der Waals surface area (Å²) in [5, 5.41) is 5.49. The van der Waals surface area contributed by atoms with E-state index in [1.165, 1.54) is 47.7 Å². The SMILES string of the molecule is O=C(NCc1nc(-c2ccccc2)cs1)c1ccc(S(=O)(=O)Nc2ccc(F)cc2)cc1. The number of nitrogens with one attached hydrogen (secondary N) is 2. The lowest BCUT2D eigenvalue weighted by molar-refractivity contribution is 0.0950. The molecule has 32 heavy (non-hydrogen) atoms. The summed E-state index contributed by atoms with van der Waals surface area (Å²) in [7, 11) is -3.86. The van der Waals surface area contributed by atoms with Crippen LogP contribution in [0.1, 0.15) is 15.4 Å². The molecule has 1 heterocycles. The van der Waals surface area contributed by atoms with Gasteiger partial charge in [0.25, 0.3) is 15.9 Å². The van der Waals surface area contributed by atoms with Crippen molar-refractivity contribution in [3.8, 4) is 11.3 Å². The van der Waals surface area contributed by atoms with Gasteiger partial charge in [-0.3, -0.25) is 9.52 Å². The van der Waals surface area contributed by atoms with E-state index in [-0.39, 0.29) is 23.0 Å². The van der Waals surface area contributed by atoms with E-state index in [1.807, 2.05) is 35.7 Å². The molecule has 0 saturated heterocycles. The second kappa shape index (κ2) is 9.29. The summed E-state index contributed by atoms with van der Waals surface area (Å²) in [6.45, 7) is 0.266. The summed E-state index contributed by atoms with van der Waals surface area (Å²) in [5.41, 5.74) is 2.42. The van der Waals surface area contributed by atoms with Crippen LogP contribution in [0.25, 0.3) is 11.3 Å². The largest absolute Gasteiger partial charge is 0.346 e. The number of carbonyl (C=O) groups is 1. The number of anilines is 1. The number of nitrogens with zero attached hydrogens (tertiary/aromatic N) is 1. The molecule has 0 saturated carbocycles. The highest BCUT2D eigenvalue weighted by Gasteiger charge is 2.15. The topological polar surface area (TPSA) is 88.2 Å². The molecule has 4 aromatic rings. The first kappa shape index (κ1) is 21.7. The van der Waals surface area contributed by atoms with E-state index in [4.69, 9.17) is 0 Å². The molecule has 4 rings (SSSR count). The average molecular weight is 468 g/mol. The van der Waals surface area contributed by atoms with E-state index < -0.39 is 15.8 Å². The molecule has 6 nitrogen and oxygen atoms in total. The van der Waals surface area contributed by atoms with Crippen molar-refractivity contribution in [1.82, 2.24) is 10.3 Å². The van der Waals surface area contributed by atoms with Gasteiger partial charge in [-0.25, -0.2) is 17.8 Å². The zero-order chi connectivity index (χ0) is 22.6. The van der Waals surface area contributed by atoms with Crippen LogP contribution in [0, 0.1) is 5.82 Å².